The van der Waals surface area contributed by atoms with Crippen LogP contribution in [-0.2, 0) is 4.79 Å². The van der Waals surface area contributed by atoms with E-state index in [2.05, 4.69) is 0 Å². The van der Waals surface area contributed by atoms with Gasteiger partial charge in [-0.1, -0.05) is 0 Å². The Morgan fingerprint density at radius 2 is 1.86 bits per heavy atom. The molecule has 42 valence electrons. The second-order valence-electron chi connectivity index (χ2n) is 1.01. The van der Waals surface area contributed by atoms with Gasteiger partial charge in [-0.3, -0.25) is 0 Å². The van der Waals surface area contributed by atoms with Crippen LogP contribution in [0.1, 0.15) is 6.92 Å². The van der Waals surface area contributed by atoms with Gasteiger partial charge in [0.2, 0.25) is 0 Å². The fraction of sp³-hybridized carbons (Fsp3) is 0.667. The molecule has 0 rings (SSSR count). The summed E-state index contributed by atoms with van der Waals surface area (Å²) in [6, 6.07) is 0. The van der Waals surface area contributed by atoms with Gasteiger partial charge in [0.1, 0.15) is 6.10 Å². The average Bonchev–Trinajstić information content (AvgIpc) is 1.36. The number of rotatable bonds is 1. The van der Waals surface area contributed by atoms with Crippen molar-refractivity contribution in [3.05, 3.63) is 0 Å². The molecule has 0 aromatic heterocycles. The van der Waals surface area contributed by atoms with Gasteiger partial charge in [0.05, 0.1) is 0 Å². The predicted molar refractivity (Wildman–Crippen MR) is 29.3 cm³/mol. The third-order valence-corrected chi connectivity index (χ3v) is 0.357. The molecule has 1 atom stereocenters. The van der Waals surface area contributed by atoms with Crippen molar-refractivity contribution in [3.63, 3.8) is 0 Å². The molecule has 0 bridgehead atoms. The summed E-state index contributed by atoms with van der Waals surface area (Å²) in [5, 5.41) is 15.8. The molecule has 4 heteroatoms. The number of carboxylic acids is 1. The first kappa shape index (κ1) is 10.1. The Kier molecular flexibility index (Phi) is 6.12. The zero-order valence-corrected chi connectivity index (χ0v) is 3.38. The van der Waals surface area contributed by atoms with Crippen LogP contribution in [0.25, 0.3) is 0 Å². The van der Waals surface area contributed by atoms with Gasteiger partial charge < -0.3 is 10.2 Å². The first-order chi connectivity index (χ1) is 2.64. The molecule has 0 heterocycles. The molecule has 0 aliphatic carbocycles. The zero-order chi connectivity index (χ0) is 5.15. The number of aliphatic hydroxyl groups is 1. The summed E-state index contributed by atoms with van der Waals surface area (Å²) in [6.45, 7) is 1.20. The van der Waals surface area contributed by atoms with Crippen molar-refractivity contribution < 1.29 is 15.0 Å². The van der Waals surface area contributed by atoms with E-state index < -0.39 is 12.1 Å². The van der Waals surface area contributed by atoms with E-state index in [1.165, 1.54) is 6.92 Å². The van der Waals surface area contributed by atoms with E-state index in [1.54, 1.807) is 0 Å². The molecule has 0 aliphatic heterocycles. The van der Waals surface area contributed by atoms with E-state index in [1.807, 2.05) is 0 Å². The van der Waals surface area contributed by atoms with Crippen molar-refractivity contribution in [2.75, 3.05) is 0 Å². The molecular weight excluding hydrogens is 154 g/mol. The predicted octanol–water partition coefficient (Wildman–Crippen LogP) is -1.73. The molecule has 0 fully saturated rings. The fourth-order valence-corrected chi connectivity index (χ4v) is 0. The van der Waals surface area contributed by atoms with Gasteiger partial charge in [-0.2, -0.15) is 0 Å². The van der Waals surface area contributed by atoms with Gasteiger partial charge >= 0.3 is 25.8 Å². The molecule has 2 N–H and O–H groups in total. The summed E-state index contributed by atoms with van der Waals surface area (Å²) in [5.41, 5.74) is 0. The molecule has 0 radical (unpaired) electrons. The van der Waals surface area contributed by atoms with Crippen LogP contribution >= 0.6 is 0 Å². The topological polar surface area (TPSA) is 57.5 Å². The molecular formula is C3H9GaO3. The molecule has 0 amide bonds. The minimum atomic E-state index is -1.23. The Morgan fingerprint density at radius 3 is 1.86 bits per heavy atom. The molecule has 0 spiro atoms. The van der Waals surface area contributed by atoms with Gasteiger partial charge in [-0.25, -0.2) is 4.79 Å². The minimum absolute atomic E-state index is 0. The third kappa shape index (κ3) is 6.07. The van der Waals surface area contributed by atoms with Crippen LogP contribution < -0.4 is 0 Å². The zero-order valence-electron chi connectivity index (χ0n) is 3.38. The van der Waals surface area contributed by atoms with Crippen LogP contribution in [0.2, 0.25) is 0 Å². The summed E-state index contributed by atoms with van der Waals surface area (Å²) in [6.07, 6.45) is -1.23. The molecule has 3 nitrogen and oxygen atoms in total. The first-order valence-corrected chi connectivity index (χ1v) is 1.55. The Labute approximate surface area is 54.4 Å². The van der Waals surface area contributed by atoms with Crippen LogP contribution in [0.15, 0.2) is 0 Å². The molecule has 0 saturated carbocycles. The normalized spacial score (nSPS) is 11.7. The Bertz CT molecular complexity index is 61.2. The van der Waals surface area contributed by atoms with Crippen molar-refractivity contribution in [3.8, 4) is 0 Å². The van der Waals surface area contributed by atoms with Gasteiger partial charge in [0.25, 0.3) is 0 Å². The molecule has 0 saturated heterocycles. The van der Waals surface area contributed by atoms with Crippen molar-refractivity contribution in [2.24, 2.45) is 0 Å². The number of carbonyl (C=O) groups is 1. The Hall–Kier alpha value is 0.0664. The summed E-state index contributed by atoms with van der Waals surface area (Å²) in [7, 11) is 0. The van der Waals surface area contributed by atoms with E-state index >= 15 is 0 Å². The van der Waals surface area contributed by atoms with E-state index in [9.17, 15) is 4.79 Å². The number of hydrogen-bond donors (Lipinski definition) is 2. The maximum absolute atomic E-state index is 9.45. The second-order valence-corrected chi connectivity index (χ2v) is 1.01. The molecule has 7 heavy (non-hydrogen) atoms. The first-order valence-electron chi connectivity index (χ1n) is 1.55. The van der Waals surface area contributed by atoms with Crippen molar-refractivity contribution >= 4 is 25.8 Å². The Morgan fingerprint density at radius 1 is 1.71 bits per heavy atom. The maximum atomic E-state index is 9.45. The quantitative estimate of drug-likeness (QED) is 0.451. The van der Waals surface area contributed by atoms with Crippen LogP contribution in [0.4, 0.5) is 0 Å². The number of carboxylic acid groups (broad SMARTS) is 1. The van der Waals surface area contributed by atoms with E-state index in [0.717, 1.165) is 0 Å². The molecule has 0 aliphatic rings. The van der Waals surface area contributed by atoms with Crippen LogP contribution in [-0.4, -0.2) is 42.1 Å². The van der Waals surface area contributed by atoms with Gasteiger partial charge in [0.15, 0.2) is 0 Å². The fourth-order valence-electron chi connectivity index (χ4n) is 0. The third-order valence-electron chi connectivity index (χ3n) is 0.357. The van der Waals surface area contributed by atoms with Crippen LogP contribution in [0.5, 0.6) is 0 Å². The summed E-state index contributed by atoms with van der Waals surface area (Å²) in [5.74, 6) is -1.19. The summed E-state index contributed by atoms with van der Waals surface area (Å²) >= 11 is 0. The standard InChI is InChI=1S/C3H6O3.Ga.3H/c1-2(4)3(5)6;;;;/h2,4H,1H3,(H,5,6);;;;. The van der Waals surface area contributed by atoms with Gasteiger partial charge in [-0.05, 0) is 6.92 Å². The number of aliphatic hydroxyl groups excluding tert-OH is 1. The van der Waals surface area contributed by atoms with Crippen molar-refractivity contribution in [2.45, 2.75) is 13.0 Å². The summed E-state index contributed by atoms with van der Waals surface area (Å²) < 4.78 is 0. The molecule has 0 aromatic carbocycles. The van der Waals surface area contributed by atoms with Crippen molar-refractivity contribution in [1.29, 1.82) is 0 Å². The Balaban J connectivity index is 0. The molecule has 1 unspecified atom stereocenters. The van der Waals surface area contributed by atoms with E-state index in [0.29, 0.717) is 0 Å². The van der Waals surface area contributed by atoms with Crippen LogP contribution in [0.3, 0.4) is 0 Å². The second kappa shape index (κ2) is 4.23. The van der Waals surface area contributed by atoms with Gasteiger partial charge in [0, 0.05) is 0 Å². The van der Waals surface area contributed by atoms with E-state index in [4.69, 9.17) is 10.2 Å². The SMILES string of the molecule is CC(O)C(=O)O.[GaH3]. The average molecular weight is 163 g/mol. The van der Waals surface area contributed by atoms with Crippen LogP contribution in [0, 0.1) is 0 Å². The van der Waals surface area contributed by atoms with E-state index in [-0.39, 0.29) is 19.8 Å². The summed E-state index contributed by atoms with van der Waals surface area (Å²) in [4.78, 5) is 9.45. The monoisotopic (exact) mass is 162 g/mol. The van der Waals surface area contributed by atoms with Crippen molar-refractivity contribution in [1.82, 2.24) is 0 Å². The van der Waals surface area contributed by atoms with Gasteiger partial charge in [-0.15, -0.1) is 0 Å². The molecule has 0 aromatic rings. The number of hydrogen-bond acceptors (Lipinski definition) is 2. The number of aliphatic carboxylic acids is 1.